The zero-order valence-electron chi connectivity index (χ0n) is 10.8. The molecule has 1 aliphatic heterocycles. The van der Waals surface area contributed by atoms with E-state index in [2.05, 4.69) is 25.9 Å². The van der Waals surface area contributed by atoms with Gasteiger partial charge in [0.2, 0.25) is 5.28 Å². The molecule has 0 spiro atoms. The van der Waals surface area contributed by atoms with E-state index in [0.717, 1.165) is 18.4 Å². The van der Waals surface area contributed by atoms with Crippen LogP contribution in [0.1, 0.15) is 18.9 Å². The normalized spacial score (nSPS) is 16.9. The topological polar surface area (TPSA) is 61.9 Å². The van der Waals surface area contributed by atoms with E-state index in [9.17, 15) is 4.79 Å². The maximum Gasteiger partial charge on any atom is 0.330 e. The first kappa shape index (κ1) is 14.0. The summed E-state index contributed by atoms with van der Waals surface area (Å²) < 4.78 is 8.80. The molecule has 0 bridgehead atoms. The Morgan fingerprint density at radius 2 is 2.20 bits per heavy atom. The fourth-order valence-corrected chi connectivity index (χ4v) is 3.09. The Balaban J connectivity index is 2.20. The van der Waals surface area contributed by atoms with E-state index < -0.39 is 0 Å². The highest BCUT2D eigenvalue weighted by Gasteiger charge is 2.23. The van der Waals surface area contributed by atoms with Gasteiger partial charge >= 0.3 is 5.69 Å². The SMILES string of the molecule is O=c1n(CCBr)c2cnc(Cl)nc2n1C1CCOCC1. The Hall–Kier alpha value is -0.920. The molecule has 2 aromatic rings. The van der Waals surface area contributed by atoms with Gasteiger partial charge in [-0.15, -0.1) is 0 Å². The fraction of sp³-hybridized carbons (Fsp3) is 0.583. The van der Waals surface area contributed by atoms with Crippen LogP contribution in [0.2, 0.25) is 5.28 Å². The number of aryl methyl sites for hydroxylation is 1. The van der Waals surface area contributed by atoms with Gasteiger partial charge in [0.15, 0.2) is 5.65 Å². The summed E-state index contributed by atoms with van der Waals surface area (Å²) in [5.41, 5.74) is 1.29. The molecule has 8 heteroatoms. The summed E-state index contributed by atoms with van der Waals surface area (Å²) in [4.78, 5) is 20.9. The molecule has 0 aliphatic carbocycles. The van der Waals surface area contributed by atoms with E-state index in [-0.39, 0.29) is 17.0 Å². The summed E-state index contributed by atoms with van der Waals surface area (Å²) in [5, 5.41) is 0.858. The number of hydrogen-bond acceptors (Lipinski definition) is 4. The molecule has 3 heterocycles. The van der Waals surface area contributed by atoms with E-state index >= 15 is 0 Å². The zero-order chi connectivity index (χ0) is 14.1. The van der Waals surface area contributed by atoms with Crippen LogP contribution in [0.15, 0.2) is 11.0 Å². The van der Waals surface area contributed by atoms with Crippen molar-refractivity contribution in [3.8, 4) is 0 Å². The van der Waals surface area contributed by atoms with Crippen molar-refractivity contribution in [2.24, 2.45) is 0 Å². The lowest BCUT2D eigenvalue weighted by Gasteiger charge is -2.22. The smallest absolute Gasteiger partial charge is 0.330 e. The Morgan fingerprint density at radius 1 is 1.45 bits per heavy atom. The van der Waals surface area contributed by atoms with Crippen molar-refractivity contribution in [3.63, 3.8) is 0 Å². The average Bonchev–Trinajstić information content (AvgIpc) is 2.72. The monoisotopic (exact) mass is 360 g/mol. The highest BCUT2D eigenvalue weighted by molar-refractivity contribution is 9.09. The molecule has 0 N–H and O–H groups in total. The molecular formula is C12H14BrClN4O2. The minimum Gasteiger partial charge on any atom is -0.381 e. The second-order valence-electron chi connectivity index (χ2n) is 4.68. The molecule has 1 fully saturated rings. The van der Waals surface area contributed by atoms with Crippen LogP contribution >= 0.6 is 27.5 Å². The number of hydrogen-bond donors (Lipinski definition) is 0. The first-order valence-electron chi connectivity index (χ1n) is 6.49. The number of ether oxygens (including phenoxy) is 1. The quantitative estimate of drug-likeness (QED) is 0.619. The van der Waals surface area contributed by atoms with Gasteiger partial charge in [-0.05, 0) is 24.4 Å². The molecule has 1 aliphatic rings. The summed E-state index contributed by atoms with van der Waals surface area (Å²) in [6, 6.07) is 0.112. The average molecular weight is 362 g/mol. The molecule has 0 aromatic carbocycles. The Bertz CT molecular complexity index is 678. The maximum atomic E-state index is 12.6. The molecule has 20 heavy (non-hydrogen) atoms. The first-order valence-corrected chi connectivity index (χ1v) is 7.99. The predicted octanol–water partition coefficient (Wildman–Crippen LogP) is 1.99. The third-order valence-electron chi connectivity index (χ3n) is 3.54. The van der Waals surface area contributed by atoms with Crippen molar-refractivity contribution in [3.05, 3.63) is 22.0 Å². The van der Waals surface area contributed by atoms with E-state index in [1.165, 1.54) is 0 Å². The standard InChI is InChI=1S/C12H14BrClN4O2/c13-3-4-17-9-7-15-11(14)16-10(9)18(12(17)19)8-1-5-20-6-2-8/h7-8H,1-6H2. The van der Waals surface area contributed by atoms with Gasteiger partial charge in [0.25, 0.3) is 0 Å². The Morgan fingerprint density at radius 3 is 2.90 bits per heavy atom. The summed E-state index contributed by atoms with van der Waals surface area (Å²) in [6.07, 6.45) is 3.24. The van der Waals surface area contributed by atoms with Gasteiger partial charge in [-0.25, -0.2) is 9.78 Å². The molecule has 108 valence electrons. The minimum atomic E-state index is -0.0529. The molecule has 1 saturated heterocycles. The molecule has 3 rings (SSSR count). The number of imidazole rings is 1. The van der Waals surface area contributed by atoms with Crippen LogP contribution in [0.5, 0.6) is 0 Å². The summed E-state index contributed by atoms with van der Waals surface area (Å²) in [5.74, 6) is 0. The minimum absolute atomic E-state index is 0.0529. The number of halogens is 2. The summed E-state index contributed by atoms with van der Waals surface area (Å²) in [6.45, 7) is 1.92. The predicted molar refractivity (Wildman–Crippen MR) is 79.7 cm³/mol. The third kappa shape index (κ3) is 2.38. The van der Waals surface area contributed by atoms with Crippen LogP contribution < -0.4 is 5.69 Å². The van der Waals surface area contributed by atoms with Crippen molar-refractivity contribution >= 4 is 38.7 Å². The summed E-state index contributed by atoms with van der Waals surface area (Å²) >= 11 is 9.26. The van der Waals surface area contributed by atoms with Gasteiger partial charge in [0, 0.05) is 31.1 Å². The van der Waals surface area contributed by atoms with Gasteiger partial charge in [-0.3, -0.25) is 9.13 Å². The van der Waals surface area contributed by atoms with Crippen LogP contribution in [-0.4, -0.2) is 37.6 Å². The van der Waals surface area contributed by atoms with Crippen molar-refractivity contribution in [1.29, 1.82) is 0 Å². The van der Waals surface area contributed by atoms with Crippen molar-refractivity contribution in [2.45, 2.75) is 25.4 Å². The lowest BCUT2D eigenvalue weighted by molar-refractivity contribution is 0.0694. The molecule has 6 nitrogen and oxygen atoms in total. The lowest BCUT2D eigenvalue weighted by Crippen LogP contribution is -2.31. The number of alkyl halides is 1. The van der Waals surface area contributed by atoms with Gasteiger partial charge in [-0.2, -0.15) is 4.98 Å². The number of nitrogens with zero attached hydrogens (tertiary/aromatic N) is 4. The Kier molecular flexibility index (Phi) is 4.09. The number of fused-ring (bicyclic) bond motifs is 1. The molecule has 0 unspecified atom stereocenters. The number of rotatable bonds is 3. The second kappa shape index (κ2) is 5.83. The third-order valence-corrected chi connectivity index (χ3v) is 4.08. The summed E-state index contributed by atoms with van der Waals surface area (Å²) in [7, 11) is 0. The van der Waals surface area contributed by atoms with Crippen LogP contribution in [0, 0.1) is 0 Å². The van der Waals surface area contributed by atoms with E-state index in [4.69, 9.17) is 16.3 Å². The first-order chi connectivity index (χ1) is 9.72. The maximum absolute atomic E-state index is 12.6. The van der Waals surface area contributed by atoms with Crippen LogP contribution in [0.4, 0.5) is 0 Å². The lowest BCUT2D eigenvalue weighted by atomic mass is 10.1. The fourth-order valence-electron chi connectivity index (χ4n) is 2.61. The number of aromatic nitrogens is 4. The van der Waals surface area contributed by atoms with E-state index in [1.54, 1.807) is 15.3 Å². The largest absolute Gasteiger partial charge is 0.381 e. The van der Waals surface area contributed by atoms with Crippen LogP contribution in [0.25, 0.3) is 11.2 Å². The van der Waals surface area contributed by atoms with Crippen LogP contribution in [-0.2, 0) is 11.3 Å². The van der Waals surface area contributed by atoms with E-state index in [1.807, 2.05) is 0 Å². The molecule has 0 radical (unpaired) electrons. The highest BCUT2D eigenvalue weighted by Crippen LogP contribution is 2.24. The van der Waals surface area contributed by atoms with Crippen molar-refractivity contribution in [1.82, 2.24) is 19.1 Å². The molecule has 0 atom stereocenters. The van der Waals surface area contributed by atoms with Gasteiger partial charge in [0.1, 0.15) is 5.52 Å². The molecule has 0 amide bonds. The zero-order valence-corrected chi connectivity index (χ0v) is 13.1. The van der Waals surface area contributed by atoms with Gasteiger partial charge in [-0.1, -0.05) is 15.9 Å². The molecular weight excluding hydrogens is 348 g/mol. The molecule has 2 aromatic heterocycles. The van der Waals surface area contributed by atoms with Crippen molar-refractivity contribution in [2.75, 3.05) is 18.5 Å². The van der Waals surface area contributed by atoms with Gasteiger partial charge < -0.3 is 4.74 Å². The highest BCUT2D eigenvalue weighted by atomic mass is 79.9. The Labute approximate surface area is 128 Å². The van der Waals surface area contributed by atoms with Crippen LogP contribution in [0.3, 0.4) is 0 Å². The second-order valence-corrected chi connectivity index (χ2v) is 5.82. The van der Waals surface area contributed by atoms with E-state index in [0.29, 0.717) is 30.7 Å². The molecule has 0 saturated carbocycles. The van der Waals surface area contributed by atoms with Gasteiger partial charge in [0.05, 0.1) is 6.20 Å². The van der Waals surface area contributed by atoms with Crippen molar-refractivity contribution < 1.29 is 4.74 Å².